The standard InChI is InChI=1S/C19H30N4O/c1-3-23(4-2)18-8-5-14(12-20-18)13-21-19(24)11-15-9-16-6-7-17(10-15)22-16/h5,8,12,15-17,22H,3-4,6-7,9-11,13H2,1-2H3,(H,21,24). The number of piperidine rings is 1. The van der Waals surface area contributed by atoms with Crippen molar-refractivity contribution in [3.05, 3.63) is 23.9 Å². The van der Waals surface area contributed by atoms with Crippen molar-refractivity contribution in [1.82, 2.24) is 15.6 Å². The number of rotatable bonds is 7. The largest absolute Gasteiger partial charge is 0.357 e. The van der Waals surface area contributed by atoms with Gasteiger partial charge in [0, 0.05) is 44.3 Å². The Kier molecular flexibility index (Phi) is 5.72. The quantitative estimate of drug-likeness (QED) is 0.806. The van der Waals surface area contributed by atoms with Gasteiger partial charge in [0.2, 0.25) is 5.91 Å². The first kappa shape index (κ1) is 17.2. The number of hydrogen-bond acceptors (Lipinski definition) is 4. The van der Waals surface area contributed by atoms with Crippen LogP contribution in [0.3, 0.4) is 0 Å². The van der Waals surface area contributed by atoms with Crippen LogP contribution in [0.1, 0.15) is 51.5 Å². The number of carbonyl (C=O) groups excluding carboxylic acids is 1. The minimum Gasteiger partial charge on any atom is -0.357 e. The average Bonchev–Trinajstić information content (AvgIpc) is 2.94. The van der Waals surface area contributed by atoms with E-state index in [9.17, 15) is 4.79 Å². The molecule has 1 aromatic rings. The summed E-state index contributed by atoms with van der Waals surface area (Å²) in [5.74, 6) is 1.72. The van der Waals surface area contributed by atoms with Gasteiger partial charge in [-0.15, -0.1) is 0 Å². The molecule has 24 heavy (non-hydrogen) atoms. The lowest BCUT2D eigenvalue weighted by atomic mass is 9.89. The fourth-order valence-electron chi connectivity index (χ4n) is 4.13. The zero-order chi connectivity index (χ0) is 16.9. The molecule has 5 nitrogen and oxygen atoms in total. The molecule has 0 saturated carbocycles. The van der Waals surface area contributed by atoms with E-state index in [2.05, 4.69) is 40.4 Å². The van der Waals surface area contributed by atoms with Crippen LogP contribution in [0.4, 0.5) is 5.82 Å². The van der Waals surface area contributed by atoms with Crippen molar-refractivity contribution in [2.24, 2.45) is 5.92 Å². The molecule has 0 aromatic carbocycles. The molecule has 2 aliphatic rings. The molecule has 0 spiro atoms. The number of nitrogens with zero attached hydrogens (tertiary/aromatic N) is 2. The second kappa shape index (κ2) is 7.97. The molecular formula is C19H30N4O. The second-order valence-electron chi connectivity index (χ2n) is 7.15. The number of aromatic nitrogens is 1. The minimum atomic E-state index is 0.175. The third-order valence-corrected chi connectivity index (χ3v) is 5.43. The third-order valence-electron chi connectivity index (χ3n) is 5.43. The predicted octanol–water partition coefficient (Wildman–Crippen LogP) is 2.46. The van der Waals surface area contributed by atoms with Gasteiger partial charge in [-0.1, -0.05) is 6.07 Å². The summed E-state index contributed by atoms with van der Waals surface area (Å²) in [5.41, 5.74) is 1.06. The first-order valence-electron chi connectivity index (χ1n) is 9.40. The van der Waals surface area contributed by atoms with Crippen LogP contribution in [0, 0.1) is 5.92 Å². The van der Waals surface area contributed by atoms with Gasteiger partial charge in [-0.05, 0) is 57.1 Å². The normalized spacial score (nSPS) is 25.5. The minimum absolute atomic E-state index is 0.175. The van der Waals surface area contributed by atoms with E-state index in [-0.39, 0.29) is 5.91 Å². The lowest BCUT2D eigenvalue weighted by Gasteiger charge is -2.28. The van der Waals surface area contributed by atoms with E-state index in [0.717, 1.165) is 37.3 Å². The molecule has 0 radical (unpaired) electrons. The second-order valence-corrected chi connectivity index (χ2v) is 7.15. The lowest BCUT2D eigenvalue weighted by molar-refractivity contribution is -0.122. The Labute approximate surface area is 145 Å². The summed E-state index contributed by atoms with van der Waals surface area (Å²) >= 11 is 0. The molecule has 2 fully saturated rings. The van der Waals surface area contributed by atoms with Crippen molar-refractivity contribution < 1.29 is 4.79 Å². The molecule has 0 aliphatic carbocycles. The smallest absolute Gasteiger partial charge is 0.220 e. The predicted molar refractivity (Wildman–Crippen MR) is 96.9 cm³/mol. The topological polar surface area (TPSA) is 57.3 Å². The van der Waals surface area contributed by atoms with Crippen LogP contribution in [0.5, 0.6) is 0 Å². The maximum atomic E-state index is 12.2. The highest BCUT2D eigenvalue weighted by Gasteiger charge is 2.34. The zero-order valence-corrected chi connectivity index (χ0v) is 14.9. The third kappa shape index (κ3) is 4.26. The van der Waals surface area contributed by atoms with Gasteiger partial charge < -0.3 is 15.5 Å². The Morgan fingerprint density at radius 1 is 1.25 bits per heavy atom. The molecule has 2 aliphatic heterocycles. The van der Waals surface area contributed by atoms with E-state index in [0.29, 0.717) is 31.0 Å². The molecule has 2 atom stereocenters. The Hall–Kier alpha value is -1.62. The summed E-state index contributed by atoms with van der Waals surface area (Å²) in [7, 11) is 0. The summed E-state index contributed by atoms with van der Waals surface area (Å²) in [6.45, 7) is 6.75. The van der Waals surface area contributed by atoms with Crippen molar-refractivity contribution in [2.45, 2.75) is 64.6 Å². The number of anilines is 1. The summed E-state index contributed by atoms with van der Waals surface area (Å²) in [5, 5.41) is 6.69. The molecule has 3 rings (SSSR count). The SMILES string of the molecule is CCN(CC)c1ccc(CNC(=O)CC2CC3CCC(C2)N3)cn1. The summed E-state index contributed by atoms with van der Waals surface area (Å²) in [6.07, 6.45) is 7.42. The average molecular weight is 330 g/mol. The fourth-order valence-corrected chi connectivity index (χ4v) is 4.13. The van der Waals surface area contributed by atoms with Crippen molar-refractivity contribution in [2.75, 3.05) is 18.0 Å². The number of hydrogen-bond donors (Lipinski definition) is 2. The van der Waals surface area contributed by atoms with Crippen LogP contribution in [-0.4, -0.2) is 36.1 Å². The fraction of sp³-hybridized carbons (Fsp3) is 0.684. The van der Waals surface area contributed by atoms with Crippen LogP contribution >= 0.6 is 0 Å². The van der Waals surface area contributed by atoms with E-state index >= 15 is 0 Å². The van der Waals surface area contributed by atoms with Gasteiger partial charge in [-0.2, -0.15) is 0 Å². The van der Waals surface area contributed by atoms with E-state index in [1.165, 1.54) is 12.8 Å². The maximum Gasteiger partial charge on any atom is 0.220 e. The van der Waals surface area contributed by atoms with Crippen LogP contribution < -0.4 is 15.5 Å². The molecule has 1 amide bonds. The van der Waals surface area contributed by atoms with Gasteiger partial charge in [0.05, 0.1) is 0 Å². The van der Waals surface area contributed by atoms with Gasteiger partial charge in [0.1, 0.15) is 5.82 Å². The van der Waals surface area contributed by atoms with E-state index in [1.807, 2.05) is 12.3 Å². The Bertz CT molecular complexity index is 529. The summed E-state index contributed by atoms with van der Waals surface area (Å²) in [6, 6.07) is 5.40. The van der Waals surface area contributed by atoms with Crippen molar-refractivity contribution in [3.63, 3.8) is 0 Å². The highest BCUT2D eigenvalue weighted by atomic mass is 16.1. The molecule has 3 heterocycles. The molecule has 5 heteroatoms. The molecule has 132 valence electrons. The van der Waals surface area contributed by atoms with Gasteiger partial charge in [-0.3, -0.25) is 4.79 Å². The Balaban J connectivity index is 1.44. The number of amides is 1. The summed E-state index contributed by atoms with van der Waals surface area (Å²) in [4.78, 5) is 19.0. The highest BCUT2D eigenvalue weighted by molar-refractivity contribution is 5.76. The molecule has 2 saturated heterocycles. The zero-order valence-electron chi connectivity index (χ0n) is 14.9. The summed E-state index contributed by atoms with van der Waals surface area (Å²) < 4.78 is 0. The molecule has 1 aromatic heterocycles. The molecule has 2 bridgehead atoms. The number of carbonyl (C=O) groups is 1. The van der Waals surface area contributed by atoms with Crippen LogP contribution in [0.15, 0.2) is 18.3 Å². The monoisotopic (exact) mass is 330 g/mol. The van der Waals surface area contributed by atoms with E-state index in [4.69, 9.17) is 0 Å². The lowest BCUT2D eigenvalue weighted by Crippen LogP contribution is -2.39. The first-order valence-corrected chi connectivity index (χ1v) is 9.40. The number of fused-ring (bicyclic) bond motifs is 2. The Morgan fingerprint density at radius 3 is 2.54 bits per heavy atom. The van der Waals surface area contributed by atoms with Gasteiger partial charge in [0.25, 0.3) is 0 Å². The van der Waals surface area contributed by atoms with Crippen LogP contribution in [-0.2, 0) is 11.3 Å². The van der Waals surface area contributed by atoms with Gasteiger partial charge >= 0.3 is 0 Å². The maximum absolute atomic E-state index is 12.2. The first-order chi connectivity index (χ1) is 11.7. The van der Waals surface area contributed by atoms with Crippen LogP contribution in [0.2, 0.25) is 0 Å². The molecular weight excluding hydrogens is 300 g/mol. The van der Waals surface area contributed by atoms with Crippen LogP contribution in [0.25, 0.3) is 0 Å². The molecule has 2 N–H and O–H groups in total. The number of pyridine rings is 1. The number of nitrogens with one attached hydrogen (secondary N) is 2. The van der Waals surface area contributed by atoms with E-state index < -0.39 is 0 Å². The highest BCUT2D eigenvalue weighted by Crippen LogP contribution is 2.32. The van der Waals surface area contributed by atoms with Crippen molar-refractivity contribution in [3.8, 4) is 0 Å². The Morgan fingerprint density at radius 2 is 1.96 bits per heavy atom. The van der Waals surface area contributed by atoms with E-state index in [1.54, 1.807) is 0 Å². The van der Waals surface area contributed by atoms with Gasteiger partial charge in [0.15, 0.2) is 0 Å². The molecule has 2 unspecified atom stereocenters. The van der Waals surface area contributed by atoms with Crippen molar-refractivity contribution in [1.29, 1.82) is 0 Å². The van der Waals surface area contributed by atoms with Crippen molar-refractivity contribution >= 4 is 11.7 Å². The van der Waals surface area contributed by atoms with Gasteiger partial charge in [-0.25, -0.2) is 4.98 Å².